The van der Waals surface area contributed by atoms with E-state index >= 15 is 0 Å². The quantitative estimate of drug-likeness (QED) is 0.461. The van der Waals surface area contributed by atoms with Crippen LogP contribution in [0.15, 0.2) is 60.7 Å². The van der Waals surface area contributed by atoms with Crippen molar-refractivity contribution in [3.05, 3.63) is 67.0 Å². The minimum atomic E-state index is 0.952. The van der Waals surface area contributed by atoms with Gasteiger partial charge in [0.05, 0.1) is 16.6 Å². The number of nitrogens with one attached hydrogen (secondary N) is 2. The van der Waals surface area contributed by atoms with E-state index in [1.165, 1.54) is 16.3 Å². The molecule has 0 saturated carbocycles. The predicted molar refractivity (Wildman–Crippen MR) is 89.7 cm³/mol. The highest BCUT2D eigenvalue weighted by molar-refractivity contribution is 6.13. The van der Waals surface area contributed by atoms with Gasteiger partial charge in [0.1, 0.15) is 0 Å². The molecule has 1 radical (unpaired) electrons. The number of rotatable bonds is 1. The van der Waals surface area contributed by atoms with E-state index in [1.807, 2.05) is 12.1 Å². The van der Waals surface area contributed by atoms with E-state index in [9.17, 15) is 0 Å². The zero-order valence-corrected chi connectivity index (χ0v) is 11.7. The van der Waals surface area contributed by atoms with Crippen molar-refractivity contribution in [2.45, 2.75) is 0 Å². The lowest BCUT2D eigenvalue weighted by Crippen LogP contribution is -1.82. The molecule has 0 saturated heterocycles. The van der Waals surface area contributed by atoms with Crippen molar-refractivity contribution in [3.63, 3.8) is 0 Å². The van der Waals surface area contributed by atoms with E-state index in [4.69, 9.17) is 0 Å². The molecule has 3 nitrogen and oxygen atoms in total. The average Bonchev–Trinajstić information content (AvgIpc) is 3.18. The predicted octanol–water partition coefficient (Wildman–Crippen LogP) is 4.66. The first kappa shape index (κ1) is 11.6. The third-order valence-electron chi connectivity index (χ3n) is 4.23. The van der Waals surface area contributed by atoms with Crippen LogP contribution in [0.25, 0.3) is 44.0 Å². The molecule has 3 aromatic carbocycles. The number of hydrogen-bond donors (Lipinski definition) is 2. The minimum Gasteiger partial charge on any atom is -0.354 e. The number of H-pyrrole nitrogens is 2. The number of nitrogens with zero attached hydrogens (tertiary/aromatic N) is 1. The molecule has 5 aromatic rings. The van der Waals surface area contributed by atoms with E-state index in [-0.39, 0.29) is 0 Å². The molecule has 0 unspecified atom stereocenters. The average molecular weight is 282 g/mol. The van der Waals surface area contributed by atoms with Crippen molar-refractivity contribution in [2.24, 2.45) is 0 Å². The Labute approximate surface area is 126 Å². The van der Waals surface area contributed by atoms with Crippen LogP contribution in [-0.4, -0.2) is 15.0 Å². The number of imidazole rings is 1. The standard InChI is InChI=1S/C19H12N3/c1-2-9-16-12(5-1)13-6-3-7-14(18(13)22-16)15-8-4-10-17-19(15)21-11-20-17/h1-10,22H,(H,20,21). The summed E-state index contributed by atoms with van der Waals surface area (Å²) in [6, 6.07) is 21.0. The Bertz CT molecular complexity index is 1130. The summed E-state index contributed by atoms with van der Waals surface area (Å²) < 4.78 is 0. The first-order valence-corrected chi connectivity index (χ1v) is 7.26. The van der Waals surface area contributed by atoms with Crippen molar-refractivity contribution >= 4 is 32.8 Å². The highest BCUT2D eigenvalue weighted by Gasteiger charge is 2.12. The Morgan fingerprint density at radius 3 is 2.50 bits per heavy atom. The first-order valence-electron chi connectivity index (χ1n) is 7.26. The number of hydrogen-bond acceptors (Lipinski definition) is 1. The van der Waals surface area contributed by atoms with Crippen LogP contribution in [0.2, 0.25) is 0 Å². The second-order valence-corrected chi connectivity index (χ2v) is 5.45. The van der Waals surface area contributed by atoms with Crippen molar-refractivity contribution in [2.75, 3.05) is 0 Å². The minimum absolute atomic E-state index is 0.952. The fourth-order valence-corrected chi connectivity index (χ4v) is 3.22. The molecule has 0 aliphatic carbocycles. The summed E-state index contributed by atoms with van der Waals surface area (Å²) in [6.07, 6.45) is 2.84. The van der Waals surface area contributed by atoms with Gasteiger partial charge in [-0.1, -0.05) is 48.5 Å². The highest BCUT2D eigenvalue weighted by Crippen LogP contribution is 2.35. The van der Waals surface area contributed by atoms with Crippen molar-refractivity contribution < 1.29 is 0 Å². The van der Waals surface area contributed by atoms with Crippen LogP contribution in [0.1, 0.15) is 0 Å². The molecule has 0 fully saturated rings. The lowest BCUT2D eigenvalue weighted by atomic mass is 10.0. The van der Waals surface area contributed by atoms with E-state index in [2.05, 4.69) is 69.8 Å². The maximum Gasteiger partial charge on any atom is 0.174 e. The fourth-order valence-electron chi connectivity index (χ4n) is 3.22. The normalized spacial score (nSPS) is 11.6. The van der Waals surface area contributed by atoms with Gasteiger partial charge in [-0.15, -0.1) is 0 Å². The molecule has 0 amide bonds. The van der Waals surface area contributed by atoms with E-state index in [0.717, 1.165) is 27.6 Å². The summed E-state index contributed by atoms with van der Waals surface area (Å²) >= 11 is 0. The Morgan fingerprint density at radius 2 is 1.50 bits per heavy atom. The summed E-state index contributed by atoms with van der Waals surface area (Å²) in [6.45, 7) is 0. The lowest BCUT2D eigenvalue weighted by molar-refractivity contribution is 1.32. The van der Waals surface area contributed by atoms with Gasteiger partial charge < -0.3 is 9.97 Å². The highest BCUT2D eigenvalue weighted by atomic mass is 14.9. The van der Waals surface area contributed by atoms with Gasteiger partial charge >= 0.3 is 0 Å². The van der Waals surface area contributed by atoms with Gasteiger partial charge in [-0.25, -0.2) is 4.98 Å². The van der Waals surface area contributed by atoms with Crippen molar-refractivity contribution in [3.8, 4) is 11.1 Å². The van der Waals surface area contributed by atoms with Crippen LogP contribution in [0.4, 0.5) is 0 Å². The number of para-hydroxylation sites is 3. The molecule has 0 spiro atoms. The van der Waals surface area contributed by atoms with Gasteiger partial charge in [0.25, 0.3) is 0 Å². The summed E-state index contributed by atoms with van der Waals surface area (Å²) in [7, 11) is 0. The van der Waals surface area contributed by atoms with E-state index < -0.39 is 0 Å². The Morgan fingerprint density at radius 1 is 0.727 bits per heavy atom. The van der Waals surface area contributed by atoms with Gasteiger partial charge in [-0.3, -0.25) is 0 Å². The SMILES string of the molecule is [c]1nc2c(-c3cccc4c3[nH]c3ccccc34)cccc2[nH]1. The second-order valence-electron chi connectivity index (χ2n) is 5.45. The van der Waals surface area contributed by atoms with Crippen LogP contribution < -0.4 is 0 Å². The molecule has 103 valence electrons. The monoisotopic (exact) mass is 282 g/mol. The van der Waals surface area contributed by atoms with Crippen LogP contribution >= 0.6 is 0 Å². The molecule has 22 heavy (non-hydrogen) atoms. The Kier molecular flexibility index (Phi) is 2.22. The fraction of sp³-hybridized carbons (Fsp3) is 0. The zero-order chi connectivity index (χ0) is 14.5. The van der Waals surface area contributed by atoms with Gasteiger partial charge in [0, 0.05) is 27.4 Å². The third kappa shape index (κ3) is 1.48. The van der Waals surface area contributed by atoms with Crippen molar-refractivity contribution in [1.82, 2.24) is 15.0 Å². The molecular weight excluding hydrogens is 270 g/mol. The lowest BCUT2D eigenvalue weighted by Gasteiger charge is -2.04. The zero-order valence-electron chi connectivity index (χ0n) is 11.7. The smallest absolute Gasteiger partial charge is 0.174 e. The molecule has 0 aliphatic heterocycles. The van der Waals surface area contributed by atoms with Crippen molar-refractivity contribution in [1.29, 1.82) is 0 Å². The van der Waals surface area contributed by atoms with Crippen LogP contribution in [0, 0.1) is 6.33 Å². The van der Waals surface area contributed by atoms with Crippen LogP contribution in [0.5, 0.6) is 0 Å². The molecule has 0 aliphatic rings. The van der Waals surface area contributed by atoms with Gasteiger partial charge in [-0.2, -0.15) is 0 Å². The number of fused-ring (bicyclic) bond motifs is 4. The third-order valence-corrected chi connectivity index (χ3v) is 4.23. The van der Waals surface area contributed by atoms with Crippen LogP contribution in [0.3, 0.4) is 0 Å². The van der Waals surface area contributed by atoms with Gasteiger partial charge in [0.15, 0.2) is 6.33 Å². The maximum atomic E-state index is 4.36. The second kappa shape index (κ2) is 4.21. The molecular formula is C19H12N3. The first-order chi connectivity index (χ1) is 10.9. The maximum absolute atomic E-state index is 4.36. The summed E-state index contributed by atoms with van der Waals surface area (Å²) in [5, 5.41) is 2.49. The largest absolute Gasteiger partial charge is 0.354 e. The summed E-state index contributed by atoms with van der Waals surface area (Å²) in [5.41, 5.74) is 6.55. The Hall–Kier alpha value is -3.07. The van der Waals surface area contributed by atoms with Gasteiger partial charge in [-0.05, 0) is 12.1 Å². The summed E-state index contributed by atoms with van der Waals surface area (Å²) in [5.74, 6) is 0. The molecule has 2 heterocycles. The molecule has 0 atom stereocenters. The molecule has 0 bridgehead atoms. The van der Waals surface area contributed by atoms with Gasteiger partial charge in [0.2, 0.25) is 0 Å². The van der Waals surface area contributed by atoms with Crippen LogP contribution in [-0.2, 0) is 0 Å². The number of benzene rings is 3. The Balaban J connectivity index is 1.94. The van der Waals surface area contributed by atoms with E-state index in [0.29, 0.717) is 0 Å². The number of aromatic nitrogens is 3. The number of aromatic amines is 2. The molecule has 2 aromatic heterocycles. The molecule has 2 N–H and O–H groups in total. The van der Waals surface area contributed by atoms with E-state index in [1.54, 1.807) is 0 Å². The molecule has 5 rings (SSSR count). The topological polar surface area (TPSA) is 44.5 Å². The summed E-state index contributed by atoms with van der Waals surface area (Å²) in [4.78, 5) is 11.0. The molecule has 3 heteroatoms.